The van der Waals surface area contributed by atoms with Gasteiger partial charge in [0.25, 0.3) is 0 Å². The van der Waals surface area contributed by atoms with E-state index < -0.39 is 0 Å². The fraction of sp³-hybridized carbons (Fsp3) is 0. The first-order valence-corrected chi connectivity index (χ1v) is 11.5. The molecular formula is C23H15BrIN3O2S. The summed E-state index contributed by atoms with van der Waals surface area (Å²) >= 11 is 11.0. The third kappa shape index (κ3) is 5.57. The van der Waals surface area contributed by atoms with Gasteiger partial charge in [-0.2, -0.15) is 0 Å². The topological polar surface area (TPSA) is 67.2 Å². The Morgan fingerprint density at radius 2 is 1.90 bits per heavy atom. The second-order valence-electron chi connectivity index (χ2n) is 6.51. The number of hydrogen-bond acceptors (Lipinski definition) is 4. The highest BCUT2D eigenvalue weighted by molar-refractivity contribution is 14.1. The number of fused-ring (bicyclic) bond motifs is 1. The summed E-state index contributed by atoms with van der Waals surface area (Å²) in [5, 5.41) is 5.84. The van der Waals surface area contributed by atoms with E-state index in [1.165, 1.54) is 6.08 Å². The molecule has 0 saturated carbocycles. The van der Waals surface area contributed by atoms with Crippen molar-refractivity contribution in [2.24, 2.45) is 0 Å². The molecular weight excluding hydrogens is 589 g/mol. The largest absolute Gasteiger partial charge is 0.436 e. The van der Waals surface area contributed by atoms with Crippen LogP contribution in [0.5, 0.6) is 0 Å². The Balaban J connectivity index is 1.45. The van der Waals surface area contributed by atoms with Crippen molar-refractivity contribution in [2.75, 3.05) is 5.32 Å². The van der Waals surface area contributed by atoms with Crippen LogP contribution in [0.15, 0.2) is 81.7 Å². The number of carbonyl (C=O) groups excluding carboxylic acids is 1. The number of halogens is 2. The molecule has 0 aliphatic carbocycles. The van der Waals surface area contributed by atoms with Crippen LogP contribution in [0.2, 0.25) is 0 Å². The van der Waals surface area contributed by atoms with E-state index in [1.54, 1.807) is 6.08 Å². The van der Waals surface area contributed by atoms with E-state index in [4.69, 9.17) is 16.6 Å². The summed E-state index contributed by atoms with van der Waals surface area (Å²) in [7, 11) is 0. The predicted molar refractivity (Wildman–Crippen MR) is 140 cm³/mol. The van der Waals surface area contributed by atoms with Gasteiger partial charge in [0.2, 0.25) is 11.8 Å². The summed E-state index contributed by atoms with van der Waals surface area (Å²) in [6, 6.07) is 21.0. The highest BCUT2D eigenvalue weighted by Gasteiger charge is 2.13. The van der Waals surface area contributed by atoms with E-state index in [2.05, 4.69) is 54.1 Å². The van der Waals surface area contributed by atoms with Crippen LogP contribution < -0.4 is 10.6 Å². The van der Waals surface area contributed by atoms with Gasteiger partial charge in [-0.15, -0.1) is 0 Å². The zero-order valence-corrected chi connectivity index (χ0v) is 20.5. The van der Waals surface area contributed by atoms with E-state index in [0.29, 0.717) is 22.7 Å². The number of amides is 1. The third-order valence-electron chi connectivity index (χ3n) is 4.27. The Morgan fingerprint density at radius 3 is 2.71 bits per heavy atom. The molecule has 0 spiro atoms. The Hall–Kier alpha value is -2.56. The number of benzene rings is 3. The predicted octanol–water partition coefficient (Wildman–Crippen LogP) is 6.39. The fourth-order valence-corrected chi connectivity index (χ4v) is 3.96. The molecule has 1 aromatic heterocycles. The van der Waals surface area contributed by atoms with E-state index in [1.807, 2.05) is 66.7 Å². The lowest BCUT2D eigenvalue weighted by Gasteiger charge is -2.07. The van der Waals surface area contributed by atoms with Crippen molar-refractivity contribution < 1.29 is 9.21 Å². The number of nitrogens with one attached hydrogen (secondary N) is 2. The number of nitrogens with zero attached hydrogens (tertiary/aromatic N) is 1. The van der Waals surface area contributed by atoms with Crippen LogP contribution in [-0.2, 0) is 4.79 Å². The van der Waals surface area contributed by atoms with E-state index in [0.717, 1.165) is 19.2 Å². The molecule has 0 atom stereocenters. The summed E-state index contributed by atoms with van der Waals surface area (Å²) in [5.74, 6) is 0.217. The van der Waals surface area contributed by atoms with Gasteiger partial charge in [-0.1, -0.05) is 30.3 Å². The minimum absolute atomic E-state index is 0.200. The average Bonchev–Trinajstić information content (AvgIpc) is 3.18. The van der Waals surface area contributed by atoms with Crippen LogP contribution in [0.1, 0.15) is 5.56 Å². The lowest BCUT2D eigenvalue weighted by molar-refractivity contribution is -0.115. The molecule has 154 valence electrons. The fourth-order valence-electron chi connectivity index (χ4n) is 2.83. The normalized spacial score (nSPS) is 11.0. The first-order valence-electron chi connectivity index (χ1n) is 9.19. The molecule has 0 aliphatic heterocycles. The Kier molecular flexibility index (Phi) is 6.79. The van der Waals surface area contributed by atoms with Gasteiger partial charge >= 0.3 is 0 Å². The number of thiocarbonyl (C=S) groups is 1. The molecule has 31 heavy (non-hydrogen) atoms. The first-order chi connectivity index (χ1) is 15.0. The zero-order chi connectivity index (χ0) is 21.8. The van der Waals surface area contributed by atoms with Gasteiger partial charge in [0, 0.05) is 19.8 Å². The monoisotopic (exact) mass is 603 g/mol. The summed E-state index contributed by atoms with van der Waals surface area (Å²) in [5.41, 5.74) is 3.86. The minimum Gasteiger partial charge on any atom is -0.436 e. The molecule has 4 aromatic rings. The van der Waals surface area contributed by atoms with Crippen molar-refractivity contribution in [2.45, 2.75) is 0 Å². The van der Waals surface area contributed by atoms with Crippen LogP contribution >= 0.6 is 50.7 Å². The maximum Gasteiger partial charge on any atom is 0.250 e. The lowest BCUT2D eigenvalue weighted by atomic mass is 10.2. The summed E-state index contributed by atoms with van der Waals surface area (Å²) in [6.07, 6.45) is 3.17. The van der Waals surface area contributed by atoms with Crippen LogP contribution in [0.25, 0.3) is 28.6 Å². The average molecular weight is 604 g/mol. The Morgan fingerprint density at radius 1 is 1.10 bits per heavy atom. The van der Waals surface area contributed by atoms with Crippen molar-refractivity contribution in [1.29, 1.82) is 0 Å². The number of hydrogen-bond donors (Lipinski definition) is 2. The molecule has 8 heteroatoms. The van der Waals surface area contributed by atoms with Gasteiger partial charge < -0.3 is 9.73 Å². The Labute approximate surface area is 206 Å². The first kappa shape index (κ1) is 21.7. The molecule has 0 saturated heterocycles. The van der Waals surface area contributed by atoms with Crippen molar-refractivity contribution in [3.05, 3.63) is 86.4 Å². The molecule has 0 unspecified atom stereocenters. The molecule has 3 aromatic carbocycles. The summed E-state index contributed by atoms with van der Waals surface area (Å²) < 4.78 is 7.90. The van der Waals surface area contributed by atoms with Crippen LogP contribution in [0.3, 0.4) is 0 Å². The highest BCUT2D eigenvalue weighted by Crippen LogP contribution is 2.32. The van der Waals surface area contributed by atoms with E-state index in [9.17, 15) is 4.79 Å². The van der Waals surface area contributed by atoms with Crippen molar-refractivity contribution >= 4 is 84.6 Å². The molecule has 0 radical (unpaired) electrons. The zero-order valence-electron chi connectivity index (χ0n) is 15.9. The molecule has 1 amide bonds. The summed E-state index contributed by atoms with van der Waals surface area (Å²) in [6.45, 7) is 0. The van der Waals surface area contributed by atoms with E-state index in [-0.39, 0.29) is 11.0 Å². The molecule has 0 fully saturated rings. The van der Waals surface area contributed by atoms with Crippen LogP contribution in [-0.4, -0.2) is 16.0 Å². The summed E-state index contributed by atoms with van der Waals surface area (Å²) in [4.78, 5) is 16.7. The maximum atomic E-state index is 12.1. The molecule has 5 nitrogen and oxygen atoms in total. The number of rotatable bonds is 4. The molecule has 0 aliphatic rings. The van der Waals surface area contributed by atoms with Crippen molar-refractivity contribution in [1.82, 2.24) is 10.3 Å². The van der Waals surface area contributed by atoms with Gasteiger partial charge in [0.15, 0.2) is 10.7 Å². The highest BCUT2D eigenvalue weighted by atomic mass is 127. The second-order valence-corrected chi connectivity index (χ2v) is 9.02. The lowest BCUT2D eigenvalue weighted by Crippen LogP contribution is -2.32. The minimum atomic E-state index is -0.310. The van der Waals surface area contributed by atoms with E-state index >= 15 is 0 Å². The smallest absolute Gasteiger partial charge is 0.250 e. The van der Waals surface area contributed by atoms with Crippen LogP contribution in [0, 0.1) is 3.57 Å². The van der Waals surface area contributed by atoms with Gasteiger partial charge in [-0.25, -0.2) is 4.98 Å². The number of aromatic nitrogens is 1. The number of carbonyl (C=O) groups is 1. The third-order valence-corrected chi connectivity index (χ3v) is 5.83. The maximum absolute atomic E-state index is 12.1. The SMILES string of the molecule is O=C(C=Cc1ccccc1)NC(=S)Nc1ccc2oc(-c3cc(I)ccc3Br)nc2c1. The van der Waals surface area contributed by atoms with Crippen molar-refractivity contribution in [3.8, 4) is 11.5 Å². The molecule has 2 N–H and O–H groups in total. The molecule has 1 heterocycles. The Bertz CT molecular complexity index is 1300. The van der Waals surface area contributed by atoms with Gasteiger partial charge in [0.1, 0.15) is 5.52 Å². The van der Waals surface area contributed by atoms with Gasteiger partial charge in [-0.05, 0) is 98.8 Å². The molecule has 0 bridgehead atoms. The number of oxazole rings is 1. The quantitative estimate of drug-likeness (QED) is 0.161. The second kappa shape index (κ2) is 9.71. The molecule has 4 rings (SSSR count). The van der Waals surface area contributed by atoms with Crippen LogP contribution in [0.4, 0.5) is 5.69 Å². The van der Waals surface area contributed by atoms with Gasteiger partial charge in [0.05, 0.1) is 5.56 Å². The number of anilines is 1. The standard InChI is InChI=1S/C23H15BrIN3O2S/c24-18-9-7-15(25)12-17(18)22-27-19-13-16(8-10-20(19)30-22)26-23(31)28-21(29)11-6-14-4-2-1-3-5-14/h1-13H,(H2,26,28,29,31). The van der Waals surface area contributed by atoms with Gasteiger partial charge in [-0.3, -0.25) is 10.1 Å². The van der Waals surface area contributed by atoms with Crippen molar-refractivity contribution in [3.63, 3.8) is 0 Å².